The number of pyridine rings is 1. The molecule has 0 amide bonds. The molecular weight excluding hydrogens is 536 g/mol. The molecule has 1 saturated heterocycles. The molecule has 3 N–H and O–H groups in total. The SMILES string of the molecule is Cc1cc(-c2ccc(NS(=O)(=O)Cc3ccc(F)cc3F)c(F)c2)nc2cnc(N[C@@H]3CNC[C@@H](F)C3)nc12. The van der Waals surface area contributed by atoms with Gasteiger partial charge in [0.15, 0.2) is 0 Å². The first kappa shape index (κ1) is 26.8. The van der Waals surface area contributed by atoms with E-state index in [4.69, 9.17) is 0 Å². The zero-order valence-electron chi connectivity index (χ0n) is 20.7. The van der Waals surface area contributed by atoms with E-state index in [1.165, 1.54) is 18.3 Å². The zero-order chi connectivity index (χ0) is 27.7. The van der Waals surface area contributed by atoms with Gasteiger partial charge >= 0.3 is 0 Å². The molecule has 0 bridgehead atoms. The number of hydrogen-bond acceptors (Lipinski definition) is 7. The Morgan fingerprint density at radius 2 is 1.85 bits per heavy atom. The molecule has 2 aromatic heterocycles. The summed E-state index contributed by atoms with van der Waals surface area (Å²) in [5.74, 6) is -3.16. The van der Waals surface area contributed by atoms with Crippen molar-refractivity contribution in [3.8, 4) is 11.3 Å². The van der Waals surface area contributed by atoms with Crippen molar-refractivity contribution in [2.24, 2.45) is 0 Å². The topological polar surface area (TPSA) is 109 Å². The van der Waals surface area contributed by atoms with Crippen molar-refractivity contribution in [3.05, 3.63) is 77.2 Å². The number of hydrogen-bond donors (Lipinski definition) is 3. The first-order valence-electron chi connectivity index (χ1n) is 12.1. The van der Waals surface area contributed by atoms with Crippen LogP contribution in [0.2, 0.25) is 0 Å². The summed E-state index contributed by atoms with van der Waals surface area (Å²) in [6, 6.07) is 7.98. The standard InChI is InChI=1S/C26H24F4N6O2S/c1-14-6-23(34-24-12-32-26(35-25(14)24)33-19-8-18(28)10-31-11-19)15-3-5-22(21(30)7-15)36-39(37,38)13-16-2-4-17(27)9-20(16)29/h2-7,9,12,18-19,31,36H,8,10-11,13H2,1H3,(H,32,33,35)/t18-,19-/m0/s1. The van der Waals surface area contributed by atoms with Gasteiger partial charge in [-0.05, 0) is 36.8 Å². The summed E-state index contributed by atoms with van der Waals surface area (Å²) in [4.78, 5) is 13.3. The van der Waals surface area contributed by atoms with Crippen molar-refractivity contribution in [3.63, 3.8) is 0 Å². The first-order valence-corrected chi connectivity index (χ1v) is 13.7. The molecule has 1 aliphatic heterocycles. The average molecular weight is 561 g/mol. The molecule has 0 saturated carbocycles. The Morgan fingerprint density at radius 3 is 2.59 bits per heavy atom. The number of fused-ring (bicyclic) bond motifs is 1. The summed E-state index contributed by atoms with van der Waals surface area (Å²) in [5, 5.41) is 6.15. The zero-order valence-corrected chi connectivity index (χ0v) is 21.5. The maximum Gasteiger partial charge on any atom is 0.237 e. The maximum atomic E-state index is 14.9. The van der Waals surface area contributed by atoms with E-state index >= 15 is 0 Å². The molecule has 13 heteroatoms. The van der Waals surface area contributed by atoms with Gasteiger partial charge in [0.2, 0.25) is 16.0 Å². The molecule has 0 unspecified atom stereocenters. The molecule has 0 aliphatic carbocycles. The van der Waals surface area contributed by atoms with Gasteiger partial charge in [0, 0.05) is 42.7 Å². The van der Waals surface area contributed by atoms with E-state index in [1.54, 1.807) is 6.07 Å². The smallest absolute Gasteiger partial charge is 0.237 e. The second kappa shape index (κ2) is 10.7. The van der Waals surface area contributed by atoms with E-state index in [-0.39, 0.29) is 17.3 Å². The van der Waals surface area contributed by atoms with Crippen LogP contribution in [-0.2, 0) is 15.8 Å². The van der Waals surface area contributed by atoms with Crippen LogP contribution in [0.15, 0.2) is 48.7 Å². The van der Waals surface area contributed by atoms with Gasteiger partial charge in [-0.3, -0.25) is 4.72 Å². The Kier molecular flexibility index (Phi) is 7.36. The number of anilines is 2. The molecule has 5 rings (SSSR count). The van der Waals surface area contributed by atoms with Crippen LogP contribution in [0.5, 0.6) is 0 Å². The highest BCUT2D eigenvalue weighted by Crippen LogP contribution is 2.28. The van der Waals surface area contributed by atoms with Crippen molar-refractivity contribution >= 4 is 32.7 Å². The van der Waals surface area contributed by atoms with Crippen LogP contribution in [0.25, 0.3) is 22.3 Å². The fraction of sp³-hybridized carbons (Fsp3) is 0.269. The largest absolute Gasteiger partial charge is 0.350 e. The van der Waals surface area contributed by atoms with Crippen molar-refractivity contribution in [1.82, 2.24) is 20.3 Å². The Hall–Kier alpha value is -3.84. The summed E-state index contributed by atoms with van der Waals surface area (Å²) in [6.07, 6.45) is 0.936. The summed E-state index contributed by atoms with van der Waals surface area (Å²) < 4.78 is 82.6. The van der Waals surface area contributed by atoms with E-state index in [0.717, 1.165) is 23.8 Å². The van der Waals surface area contributed by atoms with Gasteiger partial charge in [0.25, 0.3) is 0 Å². The van der Waals surface area contributed by atoms with Crippen LogP contribution >= 0.6 is 0 Å². The number of piperidine rings is 1. The molecule has 39 heavy (non-hydrogen) atoms. The predicted molar refractivity (Wildman–Crippen MR) is 140 cm³/mol. The molecule has 1 fully saturated rings. The monoisotopic (exact) mass is 560 g/mol. The highest BCUT2D eigenvalue weighted by Gasteiger charge is 2.22. The third kappa shape index (κ3) is 6.25. The Balaban J connectivity index is 1.34. The summed E-state index contributed by atoms with van der Waals surface area (Å²) in [7, 11) is -4.19. The minimum absolute atomic E-state index is 0.146. The maximum absolute atomic E-state index is 14.9. The summed E-state index contributed by atoms with van der Waals surface area (Å²) in [6.45, 7) is 2.74. The number of aromatic nitrogens is 3. The molecular formula is C26H24F4N6O2S. The molecule has 8 nitrogen and oxygen atoms in total. The molecule has 2 atom stereocenters. The second-order valence-corrected chi connectivity index (χ2v) is 11.1. The first-order chi connectivity index (χ1) is 18.6. The number of benzene rings is 2. The third-order valence-corrected chi connectivity index (χ3v) is 7.48. The van der Waals surface area contributed by atoms with Crippen LogP contribution in [0, 0.1) is 24.4 Å². The minimum atomic E-state index is -4.19. The molecule has 1 aliphatic rings. The number of nitrogens with zero attached hydrogens (tertiary/aromatic N) is 3. The summed E-state index contributed by atoms with van der Waals surface area (Å²) in [5.41, 5.74) is 2.01. The number of halogens is 4. The van der Waals surface area contributed by atoms with Crippen LogP contribution in [0.1, 0.15) is 17.5 Å². The number of sulfonamides is 1. The molecule has 0 spiro atoms. The number of rotatable bonds is 7. The normalized spacial score (nSPS) is 17.8. The van der Waals surface area contributed by atoms with Crippen molar-refractivity contribution < 1.29 is 26.0 Å². The van der Waals surface area contributed by atoms with Gasteiger partial charge in [-0.2, -0.15) is 0 Å². The van der Waals surface area contributed by atoms with E-state index < -0.39 is 39.4 Å². The van der Waals surface area contributed by atoms with E-state index in [1.807, 2.05) is 6.92 Å². The van der Waals surface area contributed by atoms with Gasteiger partial charge in [-0.15, -0.1) is 0 Å². The van der Waals surface area contributed by atoms with Gasteiger partial charge in [-0.25, -0.2) is 40.9 Å². The lowest BCUT2D eigenvalue weighted by atomic mass is 10.1. The Labute approximate surface area is 222 Å². The quantitative estimate of drug-likeness (QED) is 0.286. The number of nitrogens with one attached hydrogen (secondary N) is 3. The molecule has 4 aromatic rings. The Morgan fingerprint density at radius 1 is 1.03 bits per heavy atom. The lowest BCUT2D eigenvalue weighted by Gasteiger charge is -2.26. The number of aryl methyl sites for hydroxylation is 1. The molecule has 2 aromatic carbocycles. The fourth-order valence-corrected chi connectivity index (χ4v) is 5.60. The summed E-state index contributed by atoms with van der Waals surface area (Å²) >= 11 is 0. The second-order valence-electron chi connectivity index (χ2n) is 9.38. The van der Waals surface area contributed by atoms with Crippen molar-refractivity contribution in [1.29, 1.82) is 0 Å². The van der Waals surface area contributed by atoms with E-state index in [2.05, 4.69) is 30.3 Å². The van der Waals surface area contributed by atoms with Crippen LogP contribution in [0.4, 0.5) is 29.2 Å². The molecule has 204 valence electrons. The number of alkyl halides is 1. The highest BCUT2D eigenvalue weighted by atomic mass is 32.2. The highest BCUT2D eigenvalue weighted by molar-refractivity contribution is 7.91. The molecule has 3 heterocycles. The van der Waals surface area contributed by atoms with Crippen molar-refractivity contribution in [2.45, 2.75) is 31.3 Å². The minimum Gasteiger partial charge on any atom is -0.350 e. The predicted octanol–water partition coefficient (Wildman–Crippen LogP) is 4.47. The van der Waals surface area contributed by atoms with Gasteiger partial charge in [0.1, 0.15) is 29.1 Å². The van der Waals surface area contributed by atoms with Gasteiger partial charge < -0.3 is 10.6 Å². The van der Waals surface area contributed by atoms with Gasteiger partial charge in [-0.1, -0.05) is 12.1 Å². The third-order valence-electron chi connectivity index (χ3n) is 6.26. The lowest BCUT2D eigenvalue weighted by Crippen LogP contribution is -2.44. The van der Waals surface area contributed by atoms with Crippen LogP contribution in [0.3, 0.4) is 0 Å². The van der Waals surface area contributed by atoms with E-state index in [9.17, 15) is 26.0 Å². The van der Waals surface area contributed by atoms with Crippen molar-refractivity contribution in [2.75, 3.05) is 23.1 Å². The van der Waals surface area contributed by atoms with Gasteiger partial charge in [0.05, 0.1) is 28.8 Å². The Bertz CT molecular complexity index is 1650. The van der Waals surface area contributed by atoms with Crippen LogP contribution in [-0.4, -0.2) is 48.7 Å². The molecule has 0 radical (unpaired) electrons. The van der Waals surface area contributed by atoms with E-state index in [0.29, 0.717) is 53.8 Å². The van der Waals surface area contributed by atoms with Crippen LogP contribution < -0.4 is 15.4 Å². The lowest BCUT2D eigenvalue weighted by molar-refractivity contribution is 0.254. The fourth-order valence-electron chi connectivity index (χ4n) is 4.39. The average Bonchev–Trinajstić information content (AvgIpc) is 2.87.